The summed E-state index contributed by atoms with van der Waals surface area (Å²) in [7, 11) is 0. The van der Waals surface area contributed by atoms with Crippen molar-refractivity contribution in [3.8, 4) is 0 Å². The van der Waals surface area contributed by atoms with E-state index < -0.39 is 0 Å². The van der Waals surface area contributed by atoms with Gasteiger partial charge < -0.3 is 4.90 Å². The minimum absolute atomic E-state index is 0.275. The standard InChI is InChI=1S/C19H17BrFN5/c20-14-1-2-18-13(4-14)7-23-19(24-18)26-16-5-17(26)11-25(10-16)9-12-3-15(21)8-22-6-12/h1-4,6-8,16-17H,5,9-11H2. The normalized spacial score (nSPS) is 22.5. The first-order valence-corrected chi connectivity index (χ1v) is 9.47. The Labute approximate surface area is 159 Å². The highest BCUT2D eigenvalue weighted by atomic mass is 79.9. The smallest absolute Gasteiger partial charge is 0.226 e. The van der Waals surface area contributed by atoms with Gasteiger partial charge in [-0.3, -0.25) is 9.88 Å². The number of pyridine rings is 1. The fourth-order valence-corrected chi connectivity index (χ4v) is 4.45. The molecule has 0 saturated carbocycles. The van der Waals surface area contributed by atoms with E-state index in [0.29, 0.717) is 12.1 Å². The van der Waals surface area contributed by atoms with Gasteiger partial charge in [-0.2, -0.15) is 0 Å². The average molecular weight is 414 g/mol. The van der Waals surface area contributed by atoms with E-state index in [4.69, 9.17) is 4.98 Å². The highest BCUT2D eigenvalue weighted by Gasteiger charge is 2.45. The Bertz CT molecular complexity index is 969. The molecular weight excluding hydrogens is 397 g/mol. The van der Waals surface area contributed by atoms with E-state index in [9.17, 15) is 4.39 Å². The zero-order valence-electron chi connectivity index (χ0n) is 14.0. The van der Waals surface area contributed by atoms with E-state index in [1.165, 1.54) is 12.6 Å². The molecule has 132 valence electrons. The molecule has 3 aliphatic heterocycles. The summed E-state index contributed by atoms with van der Waals surface area (Å²) in [6.07, 6.45) is 6.05. The van der Waals surface area contributed by atoms with Crippen LogP contribution in [0.3, 0.4) is 0 Å². The molecule has 0 radical (unpaired) electrons. The highest BCUT2D eigenvalue weighted by molar-refractivity contribution is 9.10. The number of hydrogen-bond acceptors (Lipinski definition) is 5. The Morgan fingerprint density at radius 3 is 2.77 bits per heavy atom. The molecule has 0 N–H and O–H groups in total. The minimum atomic E-state index is -0.275. The number of fused-ring (bicyclic) bond motifs is 3. The largest absolute Gasteiger partial charge is 0.332 e. The second-order valence-electron chi connectivity index (χ2n) is 7.03. The van der Waals surface area contributed by atoms with Gasteiger partial charge >= 0.3 is 0 Å². The first kappa shape index (κ1) is 16.1. The van der Waals surface area contributed by atoms with Crippen molar-refractivity contribution in [2.45, 2.75) is 25.0 Å². The van der Waals surface area contributed by atoms with Crippen molar-refractivity contribution in [1.82, 2.24) is 19.9 Å². The molecule has 6 rings (SSSR count). The average Bonchev–Trinajstić information content (AvgIpc) is 2.62. The summed E-state index contributed by atoms with van der Waals surface area (Å²) in [5.41, 5.74) is 1.89. The van der Waals surface area contributed by atoms with Crippen LogP contribution in [0.15, 0.2) is 47.3 Å². The molecule has 0 amide bonds. The van der Waals surface area contributed by atoms with Crippen molar-refractivity contribution in [3.05, 3.63) is 58.7 Å². The molecular formula is C19H17BrFN5. The Morgan fingerprint density at radius 2 is 1.96 bits per heavy atom. The lowest BCUT2D eigenvalue weighted by Crippen LogP contribution is -2.69. The lowest BCUT2D eigenvalue weighted by atomic mass is 9.87. The Kier molecular flexibility index (Phi) is 3.86. The van der Waals surface area contributed by atoms with Gasteiger partial charge in [-0.15, -0.1) is 0 Å². The van der Waals surface area contributed by atoms with Crippen molar-refractivity contribution in [3.63, 3.8) is 0 Å². The molecule has 2 atom stereocenters. The summed E-state index contributed by atoms with van der Waals surface area (Å²) < 4.78 is 14.4. The predicted molar refractivity (Wildman–Crippen MR) is 101 cm³/mol. The predicted octanol–water partition coefficient (Wildman–Crippen LogP) is 3.39. The number of piperazine rings is 1. The fourth-order valence-electron chi connectivity index (χ4n) is 4.07. The molecule has 3 fully saturated rings. The molecule has 0 spiro atoms. The van der Waals surface area contributed by atoms with Gasteiger partial charge in [-0.05, 0) is 36.2 Å². The lowest BCUT2D eigenvalue weighted by Gasteiger charge is -2.56. The van der Waals surface area contributed by atoms with Gasteiger partial charge in [0.25, 0.3) is 0 Å². The van der Waals surface area contributed by atoms with E-state index in [1.54, 1.807) is 12.3 Å². The van der Waals surface area contributed by atoms with Gasteiger partial charge in [0.2, 0.25) is 5.95 Å². The molecule has 2 unspecified atom stereocenters. The number of rotatable bonds is 3. The van der Waals surface area contributed by atoms with Crippen LogP contribution in [0.4, 0.5) is 10.3 Å². The van der Waals surface area contributed by atoms with Crippen LogP contribution in [-0.4, -0.2) is 45.0 Å². The maximum atomic E-state index is 13.3. The Morgan fingerprint density at radius 1 is 1.12 bits per heavy atom. The SMILES string of the molecule is Fc1cncc(CN2CC3CC(C2)N3c2ncc3cc(Br)ccc3n2)c1. The molecule has 5 heterocycles. The maximum absolute atomic E-state index is 13.3. The van der Waals surface area contributed by atoms with Gasteiger partial charge in [0.1, 0.15) is 5.82 Å². The van der Waals surface area contributed by atoms with E-state index in [0.717, 1.165) is 46.5 Å². The quantitative estimate of drug-likeness (QED) is 0.658. The fraction of sp³-hybridized carbons (Fsp3) is 0.316. The van der Waals surface area contributed by atoms with Crippen LogP contribution in [0.2, 0.25) is 0 Å². The topological polar surface area (TPSA) is 45.2 Å². The van der Waals surface area contributed by atoms with Gasteiger partial charge in [-0.25, -0.2) is 14.4 Å². The van der Waals surface area contributed by atoms with Crippen LogP contribution in [0.1, 0.15) is 12.0 Å². The van der Waals surface area contributed by atoms with Crippen LogP contribution in [0.5, 0.6) is 0 Å². The zero-order valence-corrected chi connectivity index (χ0v) is 15.6. The van der Waals surface area contributed by atoms with Crippen LogP contribution in [0, 0.1) is 5.82 Å². The van der Waals surface area contributed by atoms with Crippen molar-refractivity contribution in [1.29, 1.82) is 0 Å². The molecule has 2 bridgehead atoms. The van der Waals surface area contributed by atoms with Gasteiger partial charge in [0.05, 0.1) is 11.7 Å². The molecule has 0 aliphatic carbocycles. The van der Waals surface area contributed by atoms with Crippen LogP contribution < -0.4 is 4.90 Å². The second-order valence-corrected chi connectivity index (χ2v) is 7.94. The summed E-state index contributed by atoms with van der Waals surface area (Å²) in [4.78, 5) is 18.0. The van der Waals surface area contributed by atoms with E-state index >= 15 is 0 Å². The number of anilines is 1. The van der Waals surface area contributed by atoms with Crippen molar-refractivity contribution < 1.29 is 4.39 Å². The third-order valence-corrected chi connectivity index (χ3v) is 5.69. The maximum Gasteiger partial charge on any atom is 0.226 e. The second kappa shape index (κ2) is 6.25. The van der Waals surface area contributed by atoms with E-state index in [2.05, 4.69) is 35.7 Å². The van der Waals surface area contributed by atoms with Crippen LogP contribution in [0.25, 0.3) is 10.9 Å². The van der Waals surface area contributed by atoms with Gasteiger partial charge in [0.15, 0.2) is 0 Å². The number of hydrogen-bond donors (Lipinski definition) is 0. The lowest BCUT2D eigenvalue weighted by molar-refractivity contribution is 0.106. The number of piperidine rings is 1. The molecule has 5 nitrogen and oxygen atoms in total. The summed E-state index contributed by atoms with van der Waals surface area (Å²) in [6, 6.07) is 8.46. The highest BCUT2D eigenvalue weighted by Crippen LogP contribution is 2.36. The minimum Gasteiger partial charge on any atom is -0.332 e. The summed E-state index contributed by atoms with van der Waals surface area (Å²) in [6.45, 7) is 2.61. The van der Waals surface area contributed by atoms with Crippen LogP contribution in [-0.2, 0) is 6.54 Å². The first-order chi connectivity index (χ1) is 12.7. The third kappa shape index (κ3) is 2.85. The molecule has 1 aromatic carbocycles. The monoisotopic (exact) mass is 413 g/mol. The molecule has 3 saturated heterocycles. The number of benzene rings is 1. The van der Waals surface area contributed by atoms with E-state index in [-0.39, 0.29) is 5.82 Å². The summed E-state index contributed by atoms with van der Waals surface area (Å²) in [5, 5.41) is 1.04. The van der Waals surface area contributed by atoms with Crippen LogP contribution >= 0.6 is 15.9 Å². The number of halogens is 2. The Balaban J connectivity index is 1.32. The number of nitrogens with zero attached hydrogens (tertiary/aromatic N) is 5. The van der Waals surface area contributed by atoms with Gasteiger partial charge in [-0.1, -0.05) is 15.9 Å². The van der Waals surface area contributed by atoms with E-state index in [1.807, 2.05) is 24.4 Å². The van der Waals surface area contributed by atoms with Gasteiger partial charge in [0, 0.05) is 54.0 Å². The van der Waals surface area contributed by atoms with Crippen molar-refractivity contribution in [2.75, 3.05) is 18.0 Å². The molecule has 3 aromatic rings. The molecule has 26 heavy (non-hydrogen) atoms. The summed E-state index contributed by atoms with van der Waals surface area (Å²) in [5.74, 6) is 0.538. The number of aromatic nitrogens is 3. The first-order valence-electron chi connectivity index (χ1n) is 8.68. The molecule has 3 aliphatic rings. The van der Waals surface area contributed by atoms with Crippen molar-refractivity contribution >= 4 is 32.8 Å². The zero-order chi connectivity index (χ0) is 17.7. The summed E-state index contributed by atoms with van der Waals surface area (Å²) >= 11 is 3.48. The molecule has 7 heteroatoms. The molecule has 2 aromatic heterocycles. The third-order valence-electron chi connectivity index (χ3n) is 5.20. The Hall–Kier alpha value is -2.12. The van der Waals surface area contributed by atoms with Crippen molar-refractivity contribution in [2.24, 2.45) is 0 Å².